The van der Waals surface area contributed by atoms with Crippen LogP contribution in [-0.2, 0) is 21.0 Å². The fourth-order valence-electron chi connectivity index (χ4n) is 2.52. The zero-order valence-corrected chi connectivity index (χ0v) is 11.0. The smallest absolute Gasteiger partial charge is 0.410 e. The highest BCUT2D eigenvalue weighted by atomic mass is 16.7. The van der Waals surface area contributed by atoms with Crippen LogP contribution in [-0.4, -0.2) is 36.1 Å². The molecule has 6 heteroatoms. The number of hydrogen-bond donors (Lipinski definition) is 1. The zero-order chi connectivity index (χ0) is 13.9. The molecule has 6 nitrogen and oxygen atoms in total. The minimum Gasteiger partial charge on any atom is -0.445 e. The van der Waals surface area contributed by atoms with Gasteiger partial charge in [0.1, 0.15) is 12.7 Å². The molecule has 2 heterocycles. The number of fused-ring (bicyclic) bond motifs is 1. The first-order valence-electron chi connectivity index (χ1n) is 6.65. The van der Waals surface area contributed by atoms with Gasteiger partial charge in [0.05, 0.1) is 12.5 Å². The van der Waals surface area contributed by atoms with Crippen LogP contribution in [0.15, 0.2) is 30.3 Å². The van der Waals surface area contributed by atoms with Crippen molar-refractivity contribution in [1.29, 1.82) is 0 Å². The summed E-state index contributed by atoms with van der Waals surface area (Å²) in [6.45, 7) is 1.16. The first-order chi connectivity index (χ1) is 9.74. The third-order valence-corrected chi connectivity index (χ3v) is 3.67. The maximum Gasteiger partial charge on any atom is 0.410 e. The molecule has 2 aliphatic heterocycles. The molecular weight excluding hydrogens is 260 g/mol. The number of nitrogens with zero attached hydrogens (tertiary/aromatic N) is 1. The van der Waals surface area contributed by atoms with Crippen molar-refractivity contribution in [2.75, 3.05) is 13.1 Å². The summed E-state index contributed by atoms with van der Waals surface area (Å²) in [7, 11) is 0. The molecule has 0 bridgehead atoms. The fraction of sp³-hybridized carbons (Fsp3) is 0.429. The van der Waals surface area contributed by atoms with Crippen LogP contribution < -0.4 is 5.48 Å². The first-order valence-corrected chi connectivity index (χ1v) is 6.65. The Kier molecular flexibility index (Phi) is 3.56. The Bertz CT molecular complexity index is 505. The number of nitrogens with one attached hydrogen (secondary N) is 1. The average Bonchev–Trinajstić information content (AvgIpc) is 2.87. The minimum atomic E-state index is -0.366. The SMILES string of the molecule is O=C1NOC2CN(C(=O)OCc3ccccc3)CCC12. The van der Waals surface area contributed by atoms with Gasteiger partial charge in [-0.3, -0.25) is 9.63 Å². The summed E-state index contributed by atoms with van der Waals surface area (Å²) in [6.07, 6.45) is -0.0208. The molecule has 3 rings (SSSR count). The van der Waals surface area contributed by atoms with Crippen molar-refractivity contribution in [1.82, 2.24) is 10.4 Å². The largest absolute Gasteiger partial charge is 0.445 e. The number of carbonyl (C=O) groups excluding carboxylic acids is 2. The van der Waals surface area contributed by atoms with Crippen LogP contribution in [0, 0.1) is 5.92 Å². The maximum atomic E-state index is 12.0. The van der Waals surface area contributed by atoms with E-state index in [1.807, 2.05) is 30.3 Å². The number of amides is 2. The fourth-order valence-corrected chi connectivity index (χ4v) is 2.52. The molecule has 0 aliphatic carbocycles. The van der Waals surface area contributed by atoms with Gasteiger partial charge in [-0.2, -0.15) is 0 Å². The molecule has 2 saturated heterocycles. The molecule has 0 aromatic heterocycles. The molecule has 1 aromatic rings. The Labute approximate surface area is 116 Å². The maximum absolute atomic E-state index is 12.0. The molecule has 2 amide bonds. The van der Waals surface area contributed by atoms with E-state index >= 15 is 0 Å². The van der Waals surface area contributed by atoms with E-state index in [1.54, 1.807) is 4.90 Å². The molecule has 20 heavy (non-hydrogen) atoms. The normalized spacial score (nSPS) is 25.0. The highest BCUT2D eigenvalue weighted by Crippen LogP contribution is 2.24. The lowest BCUT2D eigenvalue weighted by molar-refractivity contribution is -0.126. The number of benzene rings is 1. The van der Waals surface area contributed by atoms with Gasteiger partial charge in [0.25, 0.3) is 0 Å². The van der Waals surface area contributed by atoms with E-state index in [0.29, 0.717) is 19.5 Å². The van der Waals surface area contributed by atoms with Gasteiger partial charge in [-0.15, -0.1) is 0 Å². The van der Waals surface area contributed by atoms with E-state index < -0.39 is 0 Å². The molecule has 1 aromatic carbocycles. The van der Waals surface area contributed by atoms with Crippen molar-refractivity contribution in [3.8, 4) is 0 Å². The van der Waals surface area contributed by atoms with Gasteiger partial charge in [-0.1, -0.05) is 30.3 Å². The summed E-state index contributed by atoms with van der Waals surface area (Å²) in [4.78, 5) is 30.2. The predicted octanol–water partition coefficient (Wildman–Crippen LogP) is 1.08. The monoisotopic (exact) mass is 276 g/mol. The van der Waals surface area contributed by atoms with Gasteiger partial charge < -0.3 is 9.64 Å². The van der Waals surface area contributed by atoms with Gasteiger partial charge >= 0.3 is 6.09 Å². The standard InChI is InChI=1S/C14H16N2O4/c17-13-11-6-7-16(8-12(11)20-15-13)14(18)19-9-10-4-2-1-3-5-10/h1-5,11-12H,6-9H2,(H,15,17). The van der Waals surface area contributed by atoms with Crippen LogP contribution in [0.4, 0.5) is 4.79 Å². The van der Waals surface area contributed by atoms with Gasteiger partial charge in [0.15, 0.2) is 0 Å². The molecule has 0 spiro atoms. The number of rotatable bonds is 2. The van der Waals surface area contributed by atoms with Crippen molar-refractivity contribution in [3.63, 3.8) is 0 Å². The molecule has 1 N–H and O–H groups in total. The minimum absolute atomic E-state index is 0.0905. The molecule has 2 aliphatic rings. The molecular formula is C14H16N2O4. The number of ether oxygens (including phenoxy) is 1. The van der Waals surface area contributed by atoms with E-state index in [-0.39, 0.29) is 30.6 Å². The van der Waals surface area contributed by atoms with Crippen molar-refractivity contribution in [2.24, 2.45) is 5.92 Å². The summed E-state index contributed by atoms with van der Waals surface area (Å²) >= 11 is 0. The van der Waals surface area contributed by atoms with Crippen LogP contribution >= 0.6 is 0 Å². The molecule has 2 unspecified atom stereocenters. The van der Waals surface area contributed by atoms with E-state index in [4.69, 9.17) is 9.57 Å². The summed E-state index contributed by atoms with van der Waals surface area (Å²) in [5.41, 5.74) is 3.31. The van der Waals surface area contributed by atoms with Gasteiger partial charge in [0, 0.05) is 6.54 Å². The van der Waals surface area contributed by atoms with Crippen molar-refractivity contribution in [3.05, 3.63) is 35.9 Å². The van der Waals surface area contributed by atoms with Crippen molar-refractivity contribution < 1.29 is 19.2 Å². The number of carbonyl (C=O) groups is 2. The predicted molar refractivity (Wildman–Crippen MR) is 69.3 cm³/mol. The second-order valence-corrected chi connectivity index (χ2v) is 5.00. The summed E-state index contributed by atoms with van der Waals surface area (Å²) < 4.78 is 5.27. The van der Waals surface area contributed by atoms with E-state index in [2.05, 4.69) is 5.48 Å². The molecule has 0 saturated carbocycles. The third-order valence-electron chi connectivity index (χ3n) is 3.67. The molecule has 2 fully saturated rings. The zero-order valence-electron chi connectivity index (χ0n) is 11.0. The lowest BCUT2D eigenvalue weighted by Crippen LogP contribution is -2.46. The van der Waals surface area contributed by atoms with Crippen LogP contribution in [0.2, 0.25) is 0 Å². The van der Waals surface area contributed by atoms with Crippen molar-refractivity contribution in [2.45, 2.75) is 19.1 Å². The van der Waals surface area contributed by atoms with Crippen LogP contribution in [0.3, 0.4) is 0 Å². The van der Waals surface area contributed by atoms with E-state index in [9.17, 15) is 9.59 Å². The Balaban J connectivity index is 1.52. The number of piperidine rings is 1. The van der Waals surface area contributed by atoms with Crippen molar-refractivity contribution >= 4 is 12.0 Å². The van der Waals surface area contributed by atoms with Crippen LogP contribution in [0.25, 0.3) is 0 Å². The van der Waals surface area contributed by atoms with Gasteiger partial charge in [-0.05, 0) is 12.0 Å². The first kappa shape index (κ1) is 12.9. The Morgan fingerprint density at radius 1 is 1.40 bits per heavy atom. The second-order valence-electron chi connectivity index (χ2n) is 5.00. The van der Waals surface area contributed by atoms with Gasteiger partial charge in [0.2, 0.25) is 5.91 Å². The average molecular weight is 276 g/mol. The summed E-state index contributed by atoms with van der Waals surface area (Å²) in [5.74, 6) is -0.236. The van der Waals surface area contributed by atoms with Crippen LogP contribution in [0.5, 0.6) is 0 Å². The third kappa shape index (κ3) is 2.60. The number of hydrogen-bond acceptors (Lipinski definition) is 4. The van der Waals surface area contributed by atoms with Crippen LogP contribution in [0.1, 0.15) is 12.0 Å². The lowest BCUT2D eigenvalue weighted by Gasteiger charge is -2.31. The second kappa shape index (κ2) is 5.50. The van der Waals surface area contributed by atoms with Gasteiger partial charge in [-0.25, -0.2) is 10.3 Å². The number of hydroxylamine groups is 1. The summed E-state index contributed by atoms with van der Waals surface area (Å²) in [6, 6.07) is 9.53. The number of likely N-dealkylation sites (tertiary alicyclic amines) is 1. The van der Waals surface area contributed by atoms with E-state index in [1.165, 1.54) is 0 Å². The van der Waals surface area contributed by atoms with E-state index in [0.717, 1.165) is 5.56 Å². The molecule has 106 valence electrons. The quantitative estimate of drug-likeness (QED) is 0.877. The topological polar surface area (TPSA) is 67.9 Å². The highest BCUT2D eigenvalue weighted by molar-refractivity contribution is 5.80. The lowest BCUT2D eigenvalue weighted by atomic mass is 9.94. The molecule has 0 radical (unpaired) electrons. The Morgan fingerprint density at radius 2 is 2.20 bits per heavy atom. The highest BCUT2D eigenvalue weighted by Gasteiger charge is 2.42. The molecule has 2 atom stereocenters. The Hall–Kier alpha value is -2.08. The Morgan fingerprint density at radius 3 is 3.00 bits per heavy atom. The summed E-state index contributed by atoms with van der Waals surface area (Å²) in [5, 5.41) is 0.